The van der Waals surface area contributed by atoms with E-state index in [9.17, 15) is 9.59 Å². The zero-order valence-electron chi connectivity index (χ0n) is 14.9. The van der Waals surface area contributed by atoms with Crippen LogP contribution < -0.4 is 0 Å². The molecule has 2 saturated heterocycles. The third-order valence-corrected chi connectivity index (χ3v) is 5.77. The van der Waals surface area contributed by atoms with Crippen LogP contribution in [0.5, 0.6) is 0 Å². The molecule has 5 nitrogen and oxygen atoms in total. The van der Waals surface area contributed by atoms with Gasteiger partial charge in [-0.05, 0) is 24.8 Å². The molecule has 3 rings (SSSR count). The maximum Gasteiger partial charge on any atom is 0.236 e. The lowest BCUT2D eigenvalue weighted by Gasteiger charge is -2.43. The molecule has 2 amide bonds. The van der Waals surface area contributed by atoms with Gasteiger partial charge >= 0.3 is 0 Å². The van der Waals surface area contributed by atoms with Gasteiger partial charge in [-0.2, -0.15) is 0 Å². The number of amides is 2. The van der Waals surface area contributed by atoms with Crippen LogP contribution in [0.2, 0.25) is 0 Å². The molecule has 2 fully saturated rings. The molecule has 2 aliphatic heterocycles. The molecule has 1 aromatic carbocycles. The molecule has 0 saturated carbocycles. The fraction of sp³-hybridized carbons (Fsp3) is 0.579. The number of benzene rings is 1. The van der Waals surface area contributed by atoms with Crippen LogP contribution in [0.3, 0.4) is 0 Å². The van der Waals surface area contributed by atoms with Crippen LogP contribution in [0, 0.1) is 0 Å². The van der Waals surface area contributed by atoms with E-state index in [1.165, 1.54) is 0 Å². The highest BCUT2D eigenvalue weighted by Gasteiger charge is 2.50. The fourth-order valence-electron chi connectivity index (χ4n) is 4.02. The molecule has 0 aromatic heterocycles. The normalized spacial score (nSPS) is 23.7. The third-order valence-electron chi connectivity index (χ3n) is 5.77. The van der Waals surface area contributed by atoms with Crippen LogP contribution in [0.4, 0.5) is 0 Å². The summed E-state index contributed by atoms with van der Waals surface area (Å²) in [5.41, 5.74) is 1.08. The lowest BCUT2D eigenvalue weighted by Crippen LogP contribution is -2.52. The molecule has 0 bridgehead atoms. The Bertz CT molecular complexity index is 606. The second kappa shape index (κ2) is 6.55. The molecule has 0 radical (unpaired) electrons. The highest BCUT2D eigenvalue weighted by atomic mass is 16.2. The van der Waals surface area contributed by atoms with Gasteiger partial charge in [-0.1, -0.05) is 30.3 Å². The number of nitrogens with zero attached hydrogens (tertiary/aromatic N) is 3. The van der Waals surface area contributed by atoms with Crippen molar-refractivity contribution >= 4 is 11.8 Å². The van der Waals surface area contributed by atoms with Crippen molar-refractivity contribution in [3.63, 3.8) is 0 Å². The zero-order valence-corrected chi connectivity index (χ0v) is 14.9. The minimum absolute atomic E-state index is 0.0221. The van der Waals surface area contributed by atoms with Crippen LogP contribution in [0.25, 0.3) is 0 Å². The summed E-state index contributed by atoms with van der Waals surface area (Å²) >= 11 is 0. The van der Waals surface area contributed by atoms with Crippen molar-refractivity contribution in [1.82, 2.24) is 14.7 Å². The summed E-state index contributed by atoms with van der Waals surface area (Å²) in [6.45, 7) is 2.22. The van der Waals surface area contributed by atoms with Gasteiger partial charge in [0.25, 0.3) is 0 Å². The smallest absolute Gasteiger partial charge is 0.236 e. The highest BCUT2D eigenvalue weighted by molar-refractivity contribution is 5.87. The molecular weight excluding hydrogens is 302 g/mol. The zero-order chi connectivity index (χ0) is 17.3. The molecule has 24 heavy (non-hydrogen) atoms. The van der Waals surface area contributed by atoms with Gasteiger partial charge in [0, 0.05) is 39.8 Å². The highest BCUT2D eigenvalue weighted by Crippen LogP contribution is 2.44. The molecule has 5 heteroatoms. The number of hydrogen-bond donors (Lipinski definition) is 0. The molecule has 2 heterocycles. The first kappa shape index (κ1) is 17.0. The van der Waals surface area contributed by atoms with Crippen molar-refractivity contribution in [2.75, 3.05) is 40.8 Å². The van der Waals surface area contributed by atoms with E-state index in [1.807, 2.05) is 30.1 Å². The largest absolute Gasteiger partial charge is 0.348 e. The van der Waals surface area contributed by atoms with Gasteiger partial charge in [0.15, 0.2) is 0 Å². The summed E-state index contributed by atoms with van der Waals surface area (Å²) in [7, 11) is 5.54. The molecule has 130 valence electrons. The van der Waals surface area contributed by atoms with E-state index < -0.39 is 0 Å². The molecule has 0 aliphatic carbocycles. The minimum Gasteiger partial charge on any atom is -0.348 e. The number of carbonyl (C=O) groups is 2. The molecule has 0 unspecified atom stereocenters. The number of piperidine rings is 1. The van der Waals surface area contributed by atoms with Gasteiger partial charge in [0.2, 0.25) is 11.8 Å². The van der Waals surface area contributed by atoms with E-state index in [2.05, 4.69) is 17.0 Å². The number of carbonyl (C=O) groups excluding carboxylic acids is 2. The van der Waals surface area contributed by atoms with Crippen LogP contribution in [0.15, 0.2) is 30.3 Å². The van der Waals surface area contributed by atoms with E-state index in [4.69, 9.17) is 0 Å². The molecule has 2 aliphatic rings. The predicted molar refractivity (Wildman–Crippen MR) is 93.7 cm³/mol. The number of likely N-dealkylation sites (N-methyl/N-ethyl adjacent to an activating group) is 2. The lowest BCUT2D eigenvalue weighted by atomic mass is 9.81. The number of rotatable bonds is 3. The van der Waals surface area contributed by atoms with Crippen LogP contribution in [-0.4, -0.2) is 72.8 Å². The molecule has 1 aromatic rings. The first-order chi connectivity index (χ1) is 11.4. The Morgan fingerprint density at radius 2 is 1.83 bits per heavy atom. The second-order valence-electron chi connectivity index (χ2n) is 7.35. The van der Waals surface area contributed by atoms with Gasteiger partial charge in [-0.25, -0.2) is 0 Å². The van der Waals surface area contributed by atoms with E-state index in [0.29, 0.717) is 6.54 Å². The van der Waals surface area contributed by atoms with Crippen LogP contribution >= 0.6 is 0 Å². The van der Waals surface area contributed by atoms with Crippen LogP contribution in [-0.2, 0) is 9.59 Å². The molecule has 1 spiro atoms. The predicted octanol–water partition coefficient (Wildman–Crippen LogP) is 1.56. The van der Waals surface area contributed by atoms with E-state index >= 15 is 0 Å². The summed E-state index contributed by atoms with van der Waals surface area (Å²) in [6.07, 6.45) is 2.78. The molecule has 0 N–H and O–H groups in total. The first-order valence-corrected chi connectivity index (χ1v) is 8.68. The maximum absolute atomic E-state index is 12.8. The van der Waals surface area contributed by atoms with E-state index in [1.54, 1.807) is 19.0 Å². The second-order valence-corrected chi connectivity index (χ2v) is 7.35. The van der Waals surface area contributed by atoms with Crippen molar-refractivity contribution in [1.29, 1.82) is 0 Å². The number of likely N-dealkylation sites (tertiary alicyclic amines) is 2. The number of hydrogen-bond acceptors (Lipinski definition) is 3. The quantitative estimate of drug-likeness (QED) is 0.845. The van der Waals surface area contributed by atoms with Gasteiger partial charge in [0.05, 0.1) is 12.5 Å². The summed E-state index contributed by atoms with van der Waals surface area (Å²) in [5, 5.41) is 0. The first-order valence-electron chi connectivity index (χ1n) is 8.68. The molecule has 1 atom stereocenters. The van der Waals surface area contributed by atoms with Crippen LogP contribution in [0.1, 0.15) is 30.7 Å². The van der Waals surface area contributed by atoms with Gasteiger partial charge in [-0.15, -0.1) is 0 Å². The van der Waals surface area contributed by atoms with Gasteiger partial charge in [-0.3, -0.25) is 14.5 Å². The maximum atomic E-state index is 12.8. The Hall–Kier alpha value is -1.88. The van der Waals surface area contributed by atoms with Crippen molar-refractivity contribution in [2.24, 2.45) is 0 Å². The van der Waals surface area contributed by atoms with Crippen molar-refractivity contribution in [3.8, 4) is 0 Å². The van der Waals surface area contributed by atoms with E-state index in [-0.39, 0.29) is 23.3 Å². The van der Waals surface area contributed by atoms with Gasteiger partial charge in [0.1, 0.15) is 0 Å². The lowest BCUT2D eigenvalue weighted by molar-refractivity contribution is -0.134. The Morgan fingerprint density at radius 3 is 2.42 bits per heavy atom. The average molecular weight is 329 g/mol. The topological polar surface area (TPSA) is 43.9 Å². The third kappa shape index (κ3) is 3.05. The summed E-state index contributed by atoms with van der Waals surface area (Å²) < 4.78 is 0. The summed E-state index contributed by atoms with van der Waals surface area (Å²) in [4.78, 5) is 30.5. The standard InChI is InChI=1S/C19H27N3O2/c1-20(2)17(23)14-22-11-9-19(10-12-22)13-16(18(24)21(19)3)15-7-5-4-6-8-15/h4-8,16H,9-14H2,1-3H3/t16-/m1/s1. The SMILES string of the molecule is CN(C)C(=O)CN1CCC2(CC1)C[C@H](c1ccccc1)C(=O)N2C. The monoisotopic (exact) mass is 329 g/mol. The van der Waals surface area contributed by atoms with Crippen molar-refractivity contribution < 1.29 is 9.59 Å². The minimum atomic E-state index is -0.0464. The average Bonchev–Trinajstić information content (AvgIpc) is 2.83. The Morgan fingerprint density at radius 1 is 1.21 bits per heavy atom. The van der Waals surface area contributed by atoms with Crippen molar-refractivity contribution in [2.45, 2.75) is 30.7 Å². The van der Waals surface area contributed by atoms with Gasteiger partial charge < -0.3 is 9.80 Å². The summed E-state index contributed by atoms with van der Waals surface area (Å²) in [5.74, 6) is 0.356. The van der Waals surface area contributed by atoms with E-state index in [0.717, 1.165) is 37.9 Å². The van der Waals surface area contributed by atoms with Crippen molar-refractivity contribution in [3.05, 3.63) is 35.9 Å². The Kier molecular flexibility index (Phi) is 4.63. The fourth-order valence-corrected chi connectivity index (χ4v) is 4.02. The Labute approximate surface area is 144 Å². The Balaban J connectivity index is 1.67. The molecular formula is C19H27N3O2. The summed E-state index contributed by atoms with van der Waals surface area (Å²) in [6, 6.07) is 10.1.